The minimum Gasteiger partial charge on any atom is -0.395 e. The zero-order valence-corrected chi connectivity index (χ0v) is 8.00. The van der Waals surface area contributed by atoms with E-state index in [-0.39, 0.29) is 6.61 Å². The van der Waals surface area contributed by atoms with Crippen LogP contribution in [-0.4, -0.2) is 29.8 Å². The van der Waals surface area contributed by atoms with Crippen molar-refractivity contribution in [1.82, 2.24) is 4.90 Å². The van der Waals surface area contributed by atoms with Crippen molar-refractivity contribution in [1.29, 1.82) is 0 Å². The highest BCUT2D eigenvalue weighted by Gasteiger charge is 2.12. The second-order valence-corrected chi connectivity index (χ2v) is 3.28. The van der Waals surface area contributed by atoms with Gasteiger partial charge in [-0.2, -0.15) is 0 Å². The third kappa shape index (κ3) is 1.88. The number of para-hydroxylation sites is 1. The Labute approximate surface area is 83.9 Å². The Morgan fingerprint density at radius 2 is 1.93 bits per heavy atom. The molecule has 0 saturated heterocycles. The summed E-state index contributed by atoms with van der Waals surface area (Å²) < 4.78 is 0. The maximum atomic E-state index is 8.79. The highest BCUT2D eigenvalue weighted by atomic mass is 16.3. The molecular weight excluding hydrogens is 176 g/mol. The van der Waals surface area contributed by atoms with Gasteiger partial charge in [-0.1, -0.05) is 18.2 Å². The van der Waals surface area contributed by atoms with Gasteiger partial charge in [-0.25, -0.2) is 0 Å². The lowest BCUT2D eigenvalue weighted by atomic mass is 10.3. The summed E-state index contributed by atoms with van der Waals surface area (Å²) in [6.07, 6.45) is 4.04. The molecule has 2 rings (SSSR count). The van der Waals surface area contributed by atoms with Gasteiger partial charge in [0.1, 0.15) is 0 Å². The molecule has 0 unspecified atom stereocenters. The van der Waals surface area contributed by atoms with Crippen LogP contribution in [0, 0.1) is 0 Å². The molecule has 1 aliphatic rings. The Kier molecular flexibility index (Phi) is 2.70. The summed E-state index contributed by atoms with van der Waals surface area (Å²) in [5.74, 6) is 0. The van der Waals surface area contributed by atoms with Gasteiger partial charge in [0.15, 0.2) is 0 Å². The summed E-state index contributed by atoms with van der Waals surface area (Å²) in [6, 6.07) is 10.2. The molecule has 1 aromatic carbocycles. The van der Waals surface area contributed by atoms with Gasteiger partial charge < -0.3 is 14.9 Å². The average Bonchev–Trinajstić information content (AvgIpc) is 2.68. The van der Waals surface area contributed by atoms with E-state index < -0.39 is 0 Å². The van der Waals surface area contributed by atoms with Gasteiger partial charge >= 0.3 is 0 Å². The highest BCUT2D eigenvalue weighted by Crippen LogP contribution is 2.17. The zero-order valence-electron chi connectivity index (χ0n) is 8.00. The Morgan fingerprint density at radius 1 is 1.14 bits per heavy atom. The molecular formula is C11H14N2O. The molecule has 3 nitrogen and oxygen atoms in total. The van der Waals surface area contributed by atoms with Gasteiger partial charge in [-0.15, -0.1) is 0 Å². The summed E-state index contributed by atoms with van der Waals surface area (Å²) in [4.78, 5) is 4.22. The summed E-state index contributed by atoms with van der Waals surface area (Å²) in [5, 5.41) is 8.79. The summed E-state index contributed by atoms with van der Waals surface area (Å²) >= 11 is 0. The summed E-state index contributed by atoms with van der Waals surface area (Å²) in [5.41, 5.74) is 1.18. The summed E-state index contributed by atoms with van der Waals surface area (Å²) in [7, 11) is 0. The van der Waals surface area contributed by atoms with Gasteiger partial charge in [0.25, 0.3) is 0 Å². The van der Waals surface area contributed by atoms with Crippen LogP contribution in [0.25, 0.3) is 0 Å². The number of aliphatic hydroxyl groups excluding tert-OH is 1. The van der Waals surface area contributed by atoms with Crippen LogP contribution in [0.1, 0.15) is 0 Å². The highest BCUT2D eigenvalue weighted by molar-refractivity contribution is 5.49. The maximum absolute atomic E-state index is 8.79. The molecule has 0 spiro atoms. The number of β-amino-alcohol motifs (C(OH)–C–C–N with tert-alkyl or cyclic N) is 1. The zero-order chi connectivity index (χ0) is 9.80. The van der Waals surface area contributed by atoms with Crippen molar-refractivity contribution in [3.8, 4) is 0 Å². The second-order valence-electron chi connectivity index (χ2n) is 3.28. The third-order valence-corrected chi connectivity index (χ3v) is 2.27. The smallest absolute Gasteiger partial charge is 0.0942 e. The lowest BCUT2D eigenvalue weighted by Crippen LogP contribution is -2.27. The molecule has 1 N–H and O–H groups in total. The fraction of sp³-hybridized carbons (Fsp3) is 0.273. The molecule has 0 atom stereocenters. The minimum atomic E-state index is 0.201. The van der Waals surface area contributed by atoms with Crippen LogP contribution < -0.4 is 4.90 Å². The van der Waals surface area contributed by atoms with Gasteiger partial charge in [0.2, 0.25) is 0 Å². The largest absolute Gasteiger partial charge is 0.395 e. The number of anilines is 1. The topological polar surface area (TPSA) is 26.7 Å². The molecule has 0 aliphatic carbocycles. The van der Waals surface area contributed by atoms with E-state index in [1.54, 1.807) is 0 Å². The van der Waals surface area contributed by atoms with Crippen LogP contribution in [0.15, 0.2) is 42.7 Å². The molecule has 0 amide bonds. The Hall–Kier alpha value is -1.48. The molecule has 0 fully saturated rings. The van der Waals surface area contributed by atoms with Gasteiger partial charge in [-0.3, -0.25) is 0 Å². The van der Waals surface area contributed by atoms with Crippen molar-refractivity contribution in [2.75, 3.05) is 24.7 Å². The van der Waals surface area contributed by atoms with E-state index in [1.807, 2.05) is 30.6 Å². The van der Waals surface area contributed by atoms with Gasteiger partial charge in [0.05, 0.1) is 13.3 Å². The third-order valence-electron chi connectivity index (χ3n) is 2.27. The van der Waals surface area contributed by atoms with Crippen molar-refractivity contribution in [3.63, 3.8) is 0 Å². The van der Waals surface area contributed by atoms with Crippen LogP contribution in [0.5, 0.6) is 0 Å². The molecule has 1 aliphatic heterocycles. The molecule has 0 saturated carbocycles. The van der Waals surface area contributed by atoms with E-state index in [9.17, 15) is 0 Å². The first-order chi connectivity index (χ1) is 6.90. The molecule has 0 bridgehead atoms. The van der Waals surface area contributed by atoms with E-state index >= 15 is 0 Å². The lowest BCUT2D eigenvalue weighted by molar-refractivity contribution is 0.244. The van der Waals surface area contributed by atoms with Crippen LogP contribution in [0.4, 0.5) is 5.69 Å². The monoisotopic (exact) mass is 190 g/mol. The van der Waals surface area contributed by atoms with E-state index in [0.29, 0.717) is 6.54 Å². The van der Waals surface area contributed by atoms with Crippen LogP contribution in [0.3, 0.4) is 0 Å². The van der Waals surface area contributed by atoms with E-state index in [4.69, 9.17) is 5.11 Å². The van der Waals surface area contributed by atoms with E-state index in [1.165, 1.54) is 5.69 Å². The number of hydrogen-bond acceptors (Lipinski definition) is 3. The first kappa shape index (κ1) is 9.09. The van der Waals surface area contributed by atoms with Gasteiger partial charge in [-0.05, 0) is 12.1 Å². The fourth-order valence-corrected chi connectivity index (χ4v) is 1.53. The van der Waals surface area contributed by atoms with Crippen LogP contribution in [-0.2, 0) is 0 Å². The van der Waals surface area contributed by atoms with Crippen molar-refractivity contribution in [2.24, 2.45) is 0 Å². The lowest BCUT2D eigenvalue weighted by Gasteiger charge is -2.20. The Bertz CT molecular complexity index is 310. The SMILES string of the molecule is OCCN1C=CN(c2ccccc2)C1. The van der Waals surface area contributed by atoms with E-state index in [0.717, 1.165) is 6.67 Å². The summed E-state index contributed by atoms with van der Waals surface area (Å²) in [6.45, 7) is 1.72. The minimum absolute atomic E-state index is 0.201. The van der Waals surface area contributed by atoms with Crippen molar-refractivity contribution >= 4 is 5.69 Å². The molecule has 74 valence electrons. The number of rotatable bonds is 3. The molecule has 1 aromatic rings. The average molecular weight is 190 g/mol. The molecule has 0 aromatic heterocycles. The van der Waals surface area contributed by atoms with E-state index in [2.05, 4.69) is 21.9 Å². The number of benzene rings is 1. The van der Waals surface area contributed by atoms with Crippen molar-refractivity contribution in [2.45, 2.75) is 0 Å². The second kappa shape index (κ2) is 4.15. The number of nitrogens with zero attached hydrogens (tertiary/aromatic N) is 2. The molecule has 3 heteroatoms. The number of hydrogen-bond donors (Lipinski definition) is 1. The van der Waals surface area contributed by atoms with Crippen molar-refractivity contribution < 1.29 is 5.11 Å². The standard InChI is InChI=1S/C11H14N2O/c14-9-8-12-6-7-13(10-12)11-4-2-1-3-5-11/h1-7,14H,8-10H2. The normalized spacial score (nSPS) is 15.2. The first-order valence-corrected chi connectivity index (χ1v) is 4.75. The number of aliphatic hydroxyl groups is 1. The fourth-order valence-electron chi connectivity index (χ4n) is 1.53. The first-order valence-electron chi connectivity index (χ1n) is 4.75. The quantitative estimate of drug-likeness (QED) is 0.776. The Morgan fingerprint density at radius 3 is 2.64 bits per heavy atom. The molecule has 14 heavy (non-hydrogen) atoms. The predicted molar refractivity (Wildman–Crippen MR) is 56.7 cm³/mol. The maximum Gasteiger partial charge on any atom is 0.0942 e. The Balaban J connectivity index is 2.00. The molecule has 0 radical (unpaired) electrons. The molecule has 1 heterocycles. The van der Waals surface area contributed by atoms with Crippen molar-refractivity contribution in [3.05, 3.63) is 42.7 Å². The van der Waals surface area contributed by atoms with Gasteiger partial charge in [0, 0.05) is 24.6 Å². The van der Waals surface area contributed by atoms with Crippen LogP contribution >= 0.6 is 0 Å². The van der Waals surface area contributed by atoms with Crippen LogP contribution in [0.2, 0.25) is 0 Å². The predicted octanol–water partition coefficient (Wildman–Crippen LogP) is 1.23.